The molecule has 0 aliphatic carbocycles. The maximum Gasteiger partial charge on any atom is 0.270 e. The van der Waals surface area contributed by atoms with Crippen LogP contribution in [-0.4, -0.2) is 17.7 Å². The molecule has 0 bridgehead atoms. The molecule has 2 N–H and O–H groups in total. The fourth-order valence-corrected chi connectivity index (χ4v) is 3.49. The number of carbonyl (C=O) groups is 1. The summed E-state index contributed by atoms with van der Waals surface area (Å²) in [4.78, 5) is 17.3. The number of aromatic nitrogens is 1. The summed E-state index contributed by atoms with van der Waals surface area (Å²) in [6, 6.07) is 14.6. The lowest BCUT2D eigenvalue weighted by Gasteiger charge is -2.11. The summed E-state index contributed by atoms with van der Waals surface area (Å²) < 4.78 is 16.2. The molecular formula is C23H18ClN3O4. The Morgan fingerprint density at radius 1 is 1.10 bits per heavy atom. The zero-order valence-electron chi connectivity index (χ0n) is 16.6. The number of hydrogen-bond acceptors (Lipinski definition) is 6. The number of pyridine rings is 1. The average Bonchev–Trinajstić information content (AvgIpc) is 3.43. The minimum absolute atomic E-state index is 0.209. The third-order valence-corrected chi connectivity index (χ3v) is 5.41. The summed E-state index contributed by atoms with van der Waals surface area (Å²) in [6.07, 6.45) is 1.56. The van der Waals surface area contributed by atoms with Crippen molar-refractivity contribution >= 4 is 40.0 Å². The number of furan rings is 1. The standard InChI is InChI=1S/C23H18ClN3O4/c1-13-2-4-15(9-17(13)24)26-22-16-6-7-29-20(16)10-18(27-22)23(28)25-11-14-3-5-19-21(8-14)31-12-30-19/h2-10H,11-12H2,1H3,(H,25,28)(H,26,27). The van der Waals surface area contributed by atoms with E-state index in [0.29, 0.717) is 34.5 Å². The van der Waals surface area contributed by atoms with Gasteiger partial charge < -0.3 is 24.5 Å². The minimum Gasteiger partial charge on any atom is -0.464 e. The van der Waals surface area contributed by atoms with Crippen molar-refractivity contribution in [3.05, 3.63) is 76.6 Å². The number of benzene rings is 2. The topological polar surface area (TPSA) is 85.6 Å². The molecule has 2 aromatic heterocycles. The quantitative estimate of drug-likeness (QED) is 0.448. The van der Waals surface area contributed by atoms with Crippen LogP contribution >= 0.6 is 11.6 Å². The van der Waals surface area contributed by atoms with Gasteiger partial charge in [0.05, 0.1) is 11.6 Å². The zero-order chi connectivity index (χ0) is 21.4. The lowest BCUT2D eigenvalue weighted by Crippen LogP contribution is -2.24. The Morgan fingerprint density at radius 2 is 1.97 bits per heavy atom. The molecule has 0 saturated heterocycles. The minimum atomic E-state index is -0.319. The normalized spacial score (nSPS) is 12.2. The van der Waals surface area contributed by atoms with Crippen molar-refractivity contribution in [1.29, 1.82) is 0 Å². The summed E-state index contributed by atoms with van der Waals surface area (Å²) in [7, 11) is 0. The molecule has 1 amide bonds. The summed E-state index contributed by atoms with van der Waals surface area (Å²) in [5.74, 6) is 1.57. The number of ether oxygens (including phenoxy) is 2. The molecule has 3 heterocycles. The second-order valence-electron chi connectivity index (χ2n) is 7.15. The molecular weight excluding hydrogens is 418 g/mol. The van der Waals surface area contributed by atoms with E-state index in [4.69, 9.17) is 25.5 Å². The van der Waals surface area contributed by atoms with Crippen molar-refractivity contribution in [1.82, 2.24) is 10.3 Å². The summed E-state index contributed by atoms with van der Waals surface area (Å²) in [6.45, 7) is 2.47. The number of anilines is 2. The van der Waals surface area contributed by atoms with Gasteiger partial charge in [-0.15, -0.1) is 0 Å². The molecule has 0 spiro atoms. The number of fused-ring (bicyclic) bond motifs is 2. The first-order chi connectivity index (χ1) is 15.1. The van der Waals surface area contributed by atoms with E-state index in [1.807, 2.05) is 43.3 Å². The molecule has 0 atom stereocenters. The molecule has 2 aromatic carbocycles. The highest BCUT2D eigenvalue weighted by molar-refractivity contribution is 6.31. The fourth-order valence-electron chi connectivity index (χ4n) is 3.31. The Hall–Kier alpha value is -3.71. The van der Waals surface area contributed by atoms with E-state index in [9.17, 15) is 4.79 Å². The Morgan fingerprint density at radius 3 is 2.84 bits per heavy atom. The Bertz CT molecular complexity index is 1300. The largest absolute Gasteiger partial charge is 0.464 e. The van der Waals surface area contributed by atoms with Crippen molar-refractivity contribution in [2.24, 2.45) is 0 Å². The van der Waals surface area contributed by atoms with E-state index in [1.54, 1.807) is 18.4 Å². The van der Waals surface area contributed by atoms with Gasteiger partial charge in [-0.3, -0.25) is 4.79 Å². The van der Waals surface area contributed by atoms with Crippen molar-refractivity contribution < 1.29 is 18.7 Å². The van der Waals surface area contributed by atoms with Crippen LogP contribution in [0.5, 0.6) is 11.5 Å². The van der Waals surface area contributed by atoms with Crippen molar-refractivity contribution in [3.8, 4) is 11.5 Å². The van der Waals surface area contributed by atoms with Crippen LogP contribution in [0.3, 0.4) is 0 Å². The number of amides is 1. The van der Waals surface area contributed by atoms with Gasteiger partial charge in [0.2, 0.25) is 6.79 Å². The van der Waals surface area contributed by atoms with Crippen molar-refractivity contribution in [2.75, 3.05) is 12.1 Å². The molecule has 156 valence electrons. The number of nitrogens with zero attached hydrogens (tertiary/aromatic N) is 1. The number of rotatable bonds is 5. The molecule has 4 aromatic rings. The smallest absolute Gasteiger partial charge is 0.270 e. The third kappa shape index (κ3) is 3.87. The van der Waals surface area contributed by atoms with Crippen LogP contribution < -0.4 is 20.1 Å². The number of aryl methyl sites for hydroxylation is 1. The number of hydrogen-bond donors (Lipinski definition) is 2. The molecule has 1 aliphatic rings. The van der Waals surface area contributed by atoms with Crippen LogP contribution in [0.25, 0.3) is 11.0 Å². The predicted octanol–water partition coefficient (Wildman–Crippen LogP) is 5.19. The van der Waals surface area contributed by atoms with Gasteiger partial charge in [-0.2, -0.15) is 0 Å². The van der Waals surface area contributed by atoms with Crippen LogP contribution in [0.2, 0.25) is 5.02 Å². The molecule has 0 fully saturated rings. The van der Waals surface area contributed by atoms with E-state index in [1.165, 1.54) is 0 Å². The van der Waals surface area contributed by atoms with E-state index < -0.39 is 0 Å². The van der Waals surface area contributed by atoms with Gasteiger partial charge in [0.25, 0.3) is 5.91 Å². The van der Waals surface area contributed by atoms with Gasteiger partial charge in [-0.05, 0) is 48.4 Å². The summed E-state index contributed by atoms with van der Waals surface area (Å²) >= 11 is 6.23. The number of nitrogens with one attached hydrogen (secondary N) is 2. The SMILES string of the molecule is Cc1ccc(Nc2nc(C(=O)NCc3ccc4c(c3)OCO4)cc3occc23)cc1Cl. The highest BCUT2D eigenvalue weighted by Gasteiger charge is 2.16. The van der Waals surface area contributed by atoms with Crippen LogP contribution in [0.4, 0.5) is 11.5 Å². The van der Waals surface area contributed by atoms with Gasteiger partial charge in [0.1, 0.15) is 17.1 Å². The van der Waals surface area contributed by atoms with Crippen LogP contribution in [0.15, 0.2) is 59.2 Å². The summed E-state index contributed by atoms with van der Waals surface area (Å²) in [5, 5.41) is 7.53. The lowest BCUT2D eigenvalue weighted by atomic mass is 10.2. The number of carbonyl (C=O) groups excluding carboxylic acids is 1. The molecule has 0 unspecified atom stereocenters. The van der Waals surface area contributed by atoms with Gasteiger partial charge in [-0.25, -0.2) is 4.98 Å². The average molecular weight is 436 g/mol. The van der Waals surface area contributed by atoms with E-state index in [2.05, 4.69) is 15.6 Å². The maximum absolute atomic E-state index is 12.8. The van der Waals surface area contributed by atoms with Gasteiger partial charge in [-0.1, -0.05) is 23.7 Å². The summed E-state index contributed by atoms with van der Waals surface area (Å²) in [5.41, 5.74) is 3.44. The third-order valence-electron chi connectivity index (χ3n) is 5.01. The molecule has 31 heavy (non-hydrogen) atoms. The Kier molecular flexibility index (Phi) is 4.88. The predicted molar refractivity (Wildman–Crippen MR) is 117 cm³/mol. The molecule has 0 radical (unpaired) electrons. The maximum atomic E-state index is 12.8. The second-order valence-corrected chi connectivity index (χ2v) is 7.55. The highest BCUT2D eigenvalue weighted by atomic mass is 35.5. The van der Waals surface area contributed by atoms with Gasteiger partial charge in [0, 0.05) is 23.3 Å². The second kappa shape index (κ2) is 7.85. The van der Waals surface area contributed by atoms with Crippen LogP contribution in [-0.2, 0) is 6.54 Å². The Labute approximate surface area is 182 Å². The first kappa shape index (κ1) is 19.3. The van der Waals surface area contributed by atoms with Crippen molar-refractivity contribution in [2.45, 2.75) is 13.5 Å². The molecule has 0 saturated carbocycles. The van der Waals surface area contributed by atoms with Crippen molar-refractivity contribution in [3.63, 3.8) is 0 Å². The Balaban J connectivity index is 1.38. The molecule has 1 aliphatic heterocycles. The first-order valence-electron chi connectivity index (χ1n) is 9.65. The van der Waals surface area contributed by atoms with Gasteiger partial charge in [0.15, 0.2) is 11.5 Å². The van der Waals surface area contributed by atoms with E-state index >= 15 is 0 Å². The molecule has 7 nitrogen and oxygen atoms in total. The lowest BCUT2D eigenvalue weighted by molar-refractivity contribution is 0.0946. The van der Waals surface area contributed by atoms with E-state index in [-0.39, 0.29) is 18.4 Å². The fraction of sp³-hybridized carbons (Fsp3) is 0.130. The zero-order valence-corrected chi connectivity index (χ0v) is 17.3. The highest BCUT2D eigenvalue weighted by Crippen LogP contribution is 2.32. The molecule has 8 heteroatoms. The molecule has 5 rings (SSSR count). The van der Waals surface area contributed by atoms with Crippen LogP contribution in [0, 0.1) is 6.92 Å². The monoisotopic (exact) mass is 435 g/mol. The number of halogens is 1. The first-order valence-corrected chi connectivity index (χ1v) is 10.0. The van der Waals surface area contributed by atoms with E-state index in [0.717, 1.165) is 22.2 Å². The van der Waals surface area contributed by atoms with Gasteiger partial charge >= 0.3 is 0 Å². The van der Waals surface area contributed by atoms with Crippen LogP contribution in [0.1, 0.15) is 21.6 Å².